The molecule has 0 bridgehead atoms. The second-order valence-electron chi connectivity index (χ2n) is 6.69. The van der Waals surface area contributed by atoms with Crippen molar-refractivity contribution in [2.45, 2.75) is 16.7 Å². The maximum Gasteiger partial charge on any atom is 0.337 e. The van der Waals surface area contributed by atoms with Gasteiger partial charge in [-0.25, -0.2) is 21.6 Å². The molecular weight excluding hydrogens is 475 g/mol. The van der Waals surface area contributed by atoms with E-state index >= 15 is 0 Å². The van der Waals surface area contributed by atoms with Crippen LogP contribution in [0.15, 0.2) is 46.2 Å². The fraction of sp³-hybridized carbons (Fsp3) is 0.278. The van der Waals surface area contributed by atoms with Gasteiger partial charge in [0.05, 0.1) is 20.5 Å². The van der Waals surface area contributed by atoms with Gasteiger partial charge in [-0.2, -0.15) is 8.61 Å². The Morgan fingerprint density at radius 2 is 1.37 bits per heavy atom. The van der Waals surface area contributed by atoms with E-state index in [0.29, 0.717) is 0 Å². The minimum absolute atomic E-state index is 0.0492. The predicted octanol–water partition coefficient (Wildman–Crippen LogP) is 2.70. The molecule has 1 aliphatic rings. The van der Waals surface area contributed by atoms with Crippen molar-refractivity contribution in [2.24, 2.45) is 0 Å². The lowest BCUT2D eigenvalue weighted by molar-refractivity contribution is 0.0697. The summed E-state index contributed by atoms with van der Waals surface area (Å²) in [5.74, 6) is -1.39. The standard InChI is InChI=1S/C18H18Cl2N2O6S2/c1-12-2-4-13(5-3-12)29(25,26)21-6-8-22(9-7-21)30(27,28)17-10-14(18(23)24)15(19)11-16(17)20/h2-5,10-11H,6-9H2,1H3,(H,23,24). The molecule has 0 spiro atoms. The summed E-state index contributed by atoms with van der Waals surface area (Å²) in [6.45, 7) is 1.54. The number of carboxylic acids is 1. The Kier molecular flexibility index (Phi) is 6.47. The van der Waals surface area contributed by atoms with E-state index in [9.17, 15) is 26.7 Å². The van der Waals surface area contributed by atoms with Crippen molar-refractivity contribution in [1.29, 1.82) is 0 Å². The van der Waals surface area contributed by atoms with Crippen LogP contribution in [0.5, 0.6) is 0 Å². The van der Waals surface area contributed by atoms with Crippen LogP contribution >= 0.6 is 23.2 Å². The van der Waals surface area contributed by atoms with E-state index in [1.165, 1.54) is 16.4 Å². The van der Waals surface area contributed by atoms with Crippen molar-refractivity contribution in [3.8, 4) is 0 Å². The van der Waals surface area contributed by atoms with Crippen LogP contribution in [0.1, 0.15) is 15.9 Å². The average molecular weight is 493 g/mol. The molecule has 0 radical (unpaired) electrons. The molecule has 12 heteroatoms. The first-order valence-corrected chi connectivity index (χ1v) is 12.4. The summed E-state index contributed by atoms with van der Waals surface area (Å²) in [5.41, 5.74) is 0.533. The first-order chi connectivity index (χ1) is 13.9. The number of piperazine rings is 1. The minimum Gasteiger partial charge on any atom is -0.478 e. The number of halogens is 2. The van der Waals surface area contributed by atoms with Crippen molar-refractivity contribution in [1.82, 2.24) is 8.61 Å². The van der Waals surface area contributed by atoms with Crippen LogP contribution in [0, 0.1) is 6.92 Å². The number of aromatic carboxylic acids is 1. The van der Waals surface area contributed by atoms with Crippen molar-refractivity contribution in [3.05, 3.63) is 57.6 Å². The normalized spacial score (nSPS) is 16.5. The highest BCUT2D eigenvalue weighted by atomic mass is 35.5. The Morgan fingerprint density at radius 1 is 0.867 bits per heavy atom. The second kappa shape index (κ2) is 8.45. The van der Waals surface area contributed by atoms with Crippen molar-refractivity contribution in [3.63, 3.8) is 0 Å². The number of aryl methyl sites for hydroxylation is 1. The fourth-order valence-electron chi connectivity index (χ4n) is 3.04. The molecule has 8 nitrogen and oxygen atoms in total. The van der Waals surface area contributed by atoms with Gasteiger partial charge >= 0.3 is 5.97 Å². The summed E-state index contributed by atoms with van der Waals surface area (Å²) in [7, 11) is -7.90. The molecule has 1 saturated heterocycles. The van der Waals surface area contributed by atoms with Crippen LogP contribution in [-0.4, -0.2) is 62.7 Å². The highest BCUT2D eigenvalue weighted by Crippen LogP contribution is 2.31. The van der Waals surface area contributed by atoms with E-state index in [-0.39, 0.29) is 51.6 Å². The summed E-state index contributed by atoms with van der Waals surface area (Å²) in [6.07, 6.45) is 0. The number of carbonyl (C=O) groups is 1. The Morgan fingerprint density at radius 3 is 1.87 bits per heavy atom. The summed E-state index contributed by atoms with van der Waals surface area (Å²) in [6, 6.07) is 8.38. The molecule has 3 rings (SSSR count). The molecule has 162 valence electrons. The molecular formula is C18H18Cl2N2O6S2. The van der Waals surface area contributed by atoms with Crippen LogP contribution < -0.4 is 0 Å². The third-order valence-electron chi connectivity index (χ3n) is 4.73. The summed E-state index contributed by atoms with van der Waals surface area (Å²) in [5, 5.41) is 8.81. The number of rotatable bonds is 5. The second-order valence-corrected chi connectivity index (χ2v) is 11.3. The monoisotopic (exact) mass is 492 g/mol. The van der Waals surface area contributed by atoms with Gasteiger partial charge < -0.3 is 5.11 Å². The number of sulfonamides is 2. The lowest BCUT2D eigenvalue weighted by Gasteiger charge is -2.33. The third kappa shape index (κ3) is 4.34. The molecule has 30 heavy (non-hydrogen) atoms. The lowest BCUT2D eigenvalue weighted by atomic mass is 10.2. The van der Waals surface area contributed by atoms with Gasteiger partial charge in [-0.1, -0.05) is 40.9 Å². The van der Waals surface area contributed by atoms with Gasteiger partial charge in [-0.15, -0.1) is 0 Å². The molecule has 1 aliphatic heterocycles. The number of benzene rings is 2. The smallest absolute Gasteiger partial charge is 0.337 e. The van der Waals surface area contributed by atoms with E-state index < -0.39 is 26.0 Å². The quantitative estimate of drug-likeness (QED) is 0.686. The number of hydrogen-bond donors (Lipinski definition) is 1. The highest BCUT2D eigenvalue weighted by molar-refractivity contribution is 7.89. The van der Waals surface area contributed by atoms with Gasteiger partial charge in [-0.05, 0) is 31.2 Å². The summed E-state index contributed by atoms with van der Waals surface area (Å²) < 4.78 is 53.9. The predicted molar refractivity (Wildman–Crippen MR) is 112 cm³/mol. The van der Waals surface area contributed by atoms with E-state index in [4.69, 9.17) is 23.2 Å². The maximum atomic E-state index is 13.0. The van der Waals surface area contributed by atoms with Crippen molar-refractivity contribution >= 4 is 49.2 Å². The van der Waals surface area contributed by atoms with Crippen LogP contribution in [0.4, 0.5) is 0 Å². The van der Waals surface area contributed by atoms with Crippen molar-refractivity contribution in [2.75, 3.05) is 26.2 Å². The lowest BCUT2D eigenvalue weighted by Crippen LogP contribution is -2.50. The SMILES string of the molecule is Cc1ccc(S(=O)(=O)N2CCN(S(=O)(=O)c3cc(C(=O)O)c(Cl)cc3Cl)CC2)cc1. The van der Waals surface area contributed by atoms with E-state index in [0.717, 1.165) is 22.0 Å². The van der Waals surface area contributed by atoms with Gasteiger partial charge in [-0.3, -0.25) is 0 Å². The number of hydrogen-bond acceptors (Lipinski definition) is 5. The zero-order chi connectivity index (χ0) is 22.3. The Labute approximate surface area is 184 Å². The molecule has 0 aromatic heterocycles. The van der Waals surface area contributed by atoms with Crippen LogP contribution in [0.2, 0.25) is 10.0 Å². The first-order valence-electron chi connectivity index (χ1n) is 8.74. The number of nitrogens with zero attached hydrogens (tertiary/aromatic N) is 2. The van der Waals surface area contributed by atoms with E-state index in [2.05, 4.69) is 0 Å². The molecule has 0 unspecified atom stereocenters. The summed E-state index contributed by atoms with van der Waals surface area (Å²) >= 11 is 11.8. The third-order valence-corrected chi connectivity index (χ3v) is 9.32. The molecule has 0 atom stereocenters. The van der Waals surface area contributed by atoms with E-state index in [1.807, 2.05) is 6.92 Å². The molecule has 1 fully saturated rings. The topological polar surface area (TPSA) is 112 Å². The Hall–Kier alpha value is -1.69. The van der Waals surface area contributed by atoms with Crippen LogP contribution in [0.3, 0.4) is 0 Å². The van der Waals surface area contributed by atoms with E-state index in [1.54, 1.807) is 12.1 Å². The zero-order valence-electron chi connectivity index (χ0n) is 15.7. The first kappa shape index (κ1) is 23.0. The van der Waals surface area contributed by atoms with Crippen LogP contribution in [0.25, 0.3) is 0 Å². The van der Waals surface area contributed by atoms with Gasteiger partial charge in [0.2, 0.25) is 20.0 Å². The summed E-state index contributed by atoms with van der Waals surface area (Å²) in [4.78, 5) is 11.0. The zero-order valence-corrected chi connectivity index (χ0v) is 18.9. The highest BCUT2D eigenvalue weighted by Gasteiger charge is 2.35. The fourth-order valence-corrected chi connectivity index (χ4v) is 6.71. The Bertz CT molecular complexity index is 1190. The van der Waals surface area contributed by atoms with Gasteiger partial charge in [0.15, 0.2) is 0 Å². The van der Waals surface area contributed by atoms with Gasteiger partial charge in [0.1, 0.15) is 4.90 Å². The Balaban J connectivity index is 1.83. The molecule has 1 heterocycles. The number of carboxylic acid groups (broad SMARTS) is 1. The molecule has 2 aromatic rings. The van der Waals surface area contributed by atoms with Crippen molar-refractivity contribution < 1.29 is 26.7 Å². The molecule has 0 saturated carbocycles. The minimum atomic E-state index is -4.15. The van der Waals surface area contributed by atoms with Gasteiger partial charge in [0.25, 0.3) is 0 Å². The molecule has 0 aliphatic carbocycles. The largest absolute Gasteiger partial charge is 0.478 e. The van der Waals surface area contributed by atoms with Crippen LogP contribution in [-0.2, 0) is 20.0 Å². The molecule has 1 N–H and O–H groups in total. The average Bonchev–Trinajstić information content (AvgIpc) is 2.68. The maximum absolute atomic E-state index is 13.0. The van der Waals surface area contributed by atoms with Gasteiger partial charge in [0, 0.05) is 26.2 Å². The molecule has 0 amide bonds. The molecule has 2 aromatic carbocycles.